The van der Waals surface area contributed by atoms with Crippen molar-refractivity contribution in [2.45, 2.75) is 96.8 Å². The summed E-state index contributed by atoms with van der Waals surface area (Å²) in [5, 5.41) is 0. The molecule has 0 N–H and O–H groups in total. The molecule has 2 rings (SSSR count). The first kappa shape index (κ1) is 34.6. The van der Waals surface area contributed by atoms with Crippen molar-refractivity contribution in [3.8, 4) is 11.5 Å². The third kappa shape index (κ3) is 13.0. The Labute approximate surface area is 245 Å². The molecular weight excluding hydrogens is 553 g/mol. The molecule has 42 heavy (non-hydrogen) atoms. The topological polar surface area (TPSA) is 88.1 Å². The first-order valence-electron chi connectivity index (χ1n) is 14.6. The minimum absolute atomic E-state index is 0.0641. The highest BCUT2D eigenvalue weighted by atomic mass is 19.4. The van der Waals surface area contributed by atoms with Gasteiger partial charge in [-0.3, -0.25) is 0 Å². The van der Waals surface area contributed by atoms with Crippen molar-refractivity contribution in [1.82, 2.24) is 0 Å². The number of alkyl halides is 3. The van der Waals surface area contributed by atoms with E-state index in [4.69, 9.17) is 9.47 Å². The molecule has 0 spiro atoms. The van der Waals surface area contributed by atoms with Gasteiger partial charge in [-0.1, -0.05) is 71.6 Å². The average Bonchev–Trinajstić information content (AvgIpc) is 2.97. The zero-order valence-corrected chi connectivity index (χ0v) is 24.4. The van der Waals surface area contributed by atoms with Gasteiger partial charge in [-0.25, -0.2) is 14.4 Å². The van der Waals surface area contributed by atoms with E-state index in [0.717, 1.165) is 31.4 Å². The predicted octanol–water partition coefficient (Wildman–Crippen LogP) is 8.25. The van der Waals surface area contributed by atoms with Crippen LogP contribution in [0, 0.1) is 0 Å². The maximum Gasteiger partial charge on any atom is 0.436 e. The van der Waals surface area contributed by atoms with Crippen molar-refractivity contribution >= 4 is 17.9 Å². The fourth-order valence-electron chi connectivity index (χ4n) is 3.96. The molecule has 2 aromatic carbocycles. The Morgan fingerprint density at radius 1 is 0.643 bits per heavy atom. The molecule has 0 aliphatic rings. The normalized spacial score (nSPS) is 11.9. The van der Waals surface area contributed by atoms with Gasteiger partial charge in [0, 0.05) is 0 Å². The Kier molecular flexibility index (Phi) is 15.5. The number of rotatable bonds is 19. The van der Waals surface area contributed by atoms with E-state index in [1.807, 2.05) is 6.92 Å². The van der Waals surface area contributed by atoms with Crippen LogP contribution >= 0.6 is 0 Å². The van der Waals surface area contributed by atoms with Crippen molar-refractivity contribution in [2.75, 3.05) is 13.2 Å². The molecule has 1 unspecified atom stereocenters. The first-order valence-corrected chi connectivity index (χ1v) is 14.6. The SMILES string of the molecule is CCCCCCCCCCOc1ccc(C(=O)Oc2ccc(C(=O)OC(C(=O)OCCCCC)C(F)(F)F)cc2)cc1. The second-order valence-corrected chi connectivity index (χ2v) is 9.96. The van der Waals surface area contributed by atoms with Gasteiger partial charge in [-0.05, 0) is 61.4 Å². The predicted molar refractivity (Wildman–Crippen MR) is 152 cm³/mol. The van der Waals surface area contributed by atoms with Crippen LogP contribution in [0.2, 0.25) is 0 Å². The zero-order valence-electron chi connectivity index (χ0n) is 24.4. The van der Waals surface area contributed by atoms with E-state index >= 15 is 0 Å². The van der Waals surface area contributed by atoms with Crippen molar-refractivity contribution in [1.29, 1.82) is 0 Å². The number of unbranched alkanes of at least 4 members (excludes halogenated alkanes) is 9. The summed E-state index contributed by atoms with van der Waals surface area (Å²) < 4.78 is 60.0. The van der Waals surface area contributed by atoms with Gasteiger partial charge in [0.2, 0.25) is 0 Å². The van der Waals surface area contributed by atoms with E-state index in [0.29, 0.717) is 25.2 Å². The number of hydrogen-bond acceptors (Lipinski definition) is 7. The second-order valence-electron chi connectivity index (χ2n) is 9.96. The largest absolute Gasteiger partial charge is 0.494 e. The maximum atomic E-state index is 13.3. The zero-order chi connectivity index (χ0) is 30.8. The van der Waals surface area contributed by atoms with Crippen molar-refractivity contribution < 1.29 is 46.5 Å². The van der Waals surface area contributed by atoms with Crippen LogP contribution in [0.3, 0.4) is 0 Å². The Hall–Kier alpha value is -3.56. The molecule has 0 heterocycles. The molecule has 2 aromatic rings. The summed E-state index contributed by atoms with van der Waals surface area (Å²) in [4.78, 5) is 36.7. The summed E-state index contributed by atoms with van der Waals surface area (Å²) in [6, 6.07) is 11.2. The fourth-order valence-corrected chi connectivity index (χ4v) is 3.96. The van der Waals surface area contributed by atoms with Gasteiger partial charge >= 0.3 is 24.1 Å². The van der Waals surface area contributed by atoms with Gasteiger partial charge in [-0.2, -0.15) is 13.2 Å². The molecule has 0 aromatic heterocycles. The minimum atomic E-state index is -5.14. The molecule has 0 amide bonds. The van der Waals surface area contributed by atoms with Gasteiger partial charge in [-0.15, -0.1) is 0 Å². The van der Waals surface area contributed by atoms with Crippen molar-refractivity contribution in [2.24, 2.45) is 0 Å². The molecule has 0 fully saturated rings. The molecule has 0 radical (unpaired) electrons. The molecule has 1 atom stereocenters. The standard InChI is InChI=1S/C32H41F3O7/c1-3-5-7-8-9-10-11-13-22-39-26-18-14-24(15-19-26)29(36)41-27-20-16-25(17-21-27)30(37)42-28(32(33,34)35)31(38)40-23-12-6-4-2/h14-21,28H,3-13,22-23H2,1-2H3. The Morgan fingerprint density at radius 3 is 1.69 bits per heavy atom. The monoisotopic (exact) mass is 594 g/mol. The van der Waals surface area contributed by atoms with E-state index in [1.54, 1.807) is 24.3 Å². The van der Waals surface area contributed by atoms with Gasteiger partial charge in [0.1, 0.15) is 11.5 Å². The molecule has 0 bridgehead atoms. The first-order chi connectivity index (χ1) is 20.2. The highest BCUT2D eigenvalue weighted by Crippen LogP contribution is 2.26. The van der Waals surface area contributed by atoms with Crippen LogP contribution in [0.1, 0.15) is 105 Å². The van der Waals surface area contributed by atoms with Crippen LogP contribution in [0.15, 0.2) is 48.5 Å². The highest BCUT2D eigenvalue weighted by Gasteiger charge is 2.49. The Balaban J connectivity index is 1.81. The molecule has 0 saturated carbocycles. The molecular formula is C32H41F3O7. The average molecular weight is 595 g/mol. The third-order valence-electron chi connectivity index (χ3n) is 6.39. The number of esters is 3. The third-order valence-corrected chi connectivity index (χ3v) is 6.39. The number of ether oxygens (including phenoxy) is 4. The molecule has 7 nitrogen and oxygen atoms in total. The minimum Gasteiger partial charge on any atom is -0.494 e. The van der Waals surface area contributed by atoms with Crippen LogP contribution < -0.4 is 9.47 Å². The molecule has 0 saturated heterocycles. The van der Waals surface area contributed by atoms with Crippen LogP contribution in [0.25, 0.3) is 0 Å². The highest BCUT2D eigenvalue weighted by molar-refractivity contribution is 5.93. The van der Waals surface area contributed by atoms with Gasteiger partial charge < -0.3 is 18.9 Å². The van der Waals surface area contributed by atoms with Gasteiger partial charge in [0.05, 0.1) is 24.3 Å². The number of carbonyl (C=O) groups excluding carboxylic acids is 3. The van der Waals surface area contributed by atoms with Crippen LogP contribution in [0.4, 0.5) is 13.2 Å². The summed E-state index contributed by atoms with van der Waals surface area (Å²) in [6.07, 6.45) is 3.33. The molecule has 10 heteroatoms. The lowest BCUT2D eigenvalue weighted by atomic mass is 10.1. The summed E-state index contributed by atoms with van der Waals surface area (Å²) in [5.41, 5.74) is 0.00390. The number of hydrogen-bond donors (Lipinski definition) is 0. The van der Waals surface area contributed by atoms with Crippen LogP contribution in [0.5, 0.6) is 11.5 Å². The molecule has 0 aliphatic carbocycles. The Bertz CT molecular complexity index is 1080. The van der Waals surface area contributed by atoms with Gasteiger partial charge in [0.15, 0.2) is 0 Å². The van der Waals surface area contributed by atoms with Crippen LogP contribution in [-0.2, 0) is 14.3 Å². The smallest absolute Gasteiger partial charge is 0.436 e. The lowest BCUT2D eigenvalue weighted by Gasteiger charge is -2.19. The van der Waals surface area contributed by atoms with Crippen molar-refractivity contribution in [3.63, 3.8) is 0 Å². The second kappa shape index (κ2) is 18.8. The molecule has 232 valence electrons. The summed E-state index contributed by atoms with van der Waals surface area (Å²) in [5.74, 6) is -3.01. The lowest BCUT2D eigenvalue weighted by Crippen LogP contribution is -2.42. The van der Waals surface area contributed by atoms with E-state index in [2.05, 4.69) is 16.4 Å². The maximum absolute atomic E-state index is 13.3. The van der Waals surface area contributed by atoms with Crippen molar-refractivity contribution in [3.05, 3.63) is 59.7 Å². The van der Waals surface area contributed by atoms with E-state index in [9.17, 15) is 27.6 Å². The van der Waals surface area contributed by atoms with E-state index in [1.165, 1.54) is 50.7 Å². The summed E-state index contributed by atoms with van der Waals surface area (Å²) in [6.45, 7) is 4.49. The molecule has 0 aliphatic heterocycles. The number of benzene rings is 2. The summed E-state index contributed by atoms with van der Waals surface area (Å²) >= 11 is 0. The number of carbonyl (C=O) groups is 3. The van der Waals surface area contributed by atoms with Gasteiger partial charge in [0.25, 0.3) is 6.10 Å². The Morgan fingerprint density at radius 2 is 1.12 bits per heavy atom. The lowest BCUT2D eigenvalue weighted by molar-refractivity contribution is -0.218. The fraction of sp³-hybridized carbons (Fsp3) is 0.531. The van der Waals surface area contributed by atoms with E-state index < -0.39 is 30.2 Å². The summed E-state index contributed by atoms with van der Waals surface area (Å²) in [7, 11) is 0. The van der Waals surface area contributed by atoms with Crippen LogP contribution in [-0.4, -0.2) is 43.4 Å². The van der Waals surface area contributed by atoms with E-state index in [-0.39, 0.29) is 23.5 Å². The quantitative estimate of drug-likeness (QED) is 0.0919. The number of halogens is 3.